The highest BCUT2D eigenvalue weighted by atomic mass is 32.2. The average Bonchev–Trinajstić information content (AvgIpc) is 2.64. The fourth-order valence-electron chi connectivity index (χ4n) is 3.09. The summed E-state index contributed by atoms with van der Waals surface area (Å²) in [6, 6.07) is 17.7. The van der Waals surface area contributed by atoms with Crippen LogP contribution >= 0.6 is 0 Å². The first-order valence-corrected chi connectivity index (χ1v) is 10.6. The molecule has 0 aromatic heterocycles. The predicted octanol–water partition coefficient (Wildman–Crippen LogP) is 2.49. The molecule has 0 saturated carbocycles. The van der Waals surface area contributed by atoms with Gasteiger partial charge < -0.3 is 4.74 Å². The molecule has 1 saturated heterocycles. The maximum atomic E-state index is 12.3. The molecular formula is C20H26N2O3S. The number of benzene rings is 2. The summed E-state index contributed by atoms with van der Waals surface area (Å²) in [6.45, 7) is 5.35. The molecule has 1 aliphatic rings. The standard InChI is InChI=1S/C20H26N2O3S/c1-17-7-9-18(10-8-17)16-26(23,24)21-11-12-22-13-14-25-20(15-22)19-5-3-2-4-6-19/h2-10,20-21H,11-16H2,1H3. The molecule has 1 unspecified atom stereocenters. The molecule has 0 aliphatic carbocycles. The van der Waals surface area contributed by atoms with Crippen LogP contribution in [0.1, 0.15) is 22.8 Å². The smallest absolute Gasteiger partial charge is 0.215 e. The highest BCUT2D eigenvalue weighted by Crippen LogP contribution is 2.21. The summed E-state index contributed by atoms with van der Waals surface area (Å²) in [6.07, 6.45) is 0.0501. The van der Waals surface area contributed by atoms with Crippen molar-refractivity contribution in [3.05, 3.63) is 71.3 Å². The van der Waals surface area contributed by atoms with Gasteiger partial charge in [0, 0.05) is 26.2 Å². The van der Waals surface area contributed by atoms with Gasteiger partial charge in [-0.2, -0.15) is 0 Å². The molecule has 0 spiro atoms. The van der Waals surface area contributed by atoms with E-state index in [0.717, 1.165) is 29.8 Å². The second kappa shape index (κ2) is 8.77. The quantitative estimate of drug-likeness (QED) is 0.809. The summed E-state index contributed by atoms with van der Waals surface area (Å²) < 4.78 is 33.1. The minimum absolute atomic E-state index is 0.0169. The fraction of sp³-hybridized carbons (Fsp3) is 0.400. The summed E-state index contributed by atoms with van der Waals surface area (Å²) in [5.41, 5.74) is 3.09. The predicted molar refractivity (Wildman–Crippen MR) is 103 cm³/mol. The Hall–Kier alpha value is -1.73. The molecule has 1 heterocycles. The second-order valence-electron chi connectivity index (χ2n) is 6.71. The topological polar surface area (TPSA) is 58.6 Å². The van der Waals surface area contributed by atoms with Crippen LogP contribution in [0.2, 0.25) is 0 Å². The number of aryl methyl sites for hydroxylation is 1. The van der Waals surface area contributed by atoms with Gasteiger partial charge in [-0.25, -0.2) is 13.1 Å². The van der Waals surface area contributed by atoms with E-state index in [4.69, 9.17) is 4.74 Å². The van der Waals surface area contributed by atoms with Crippen LogP contribution in [0.5, 0.6) is 0 Å². The molecule has 0 amide bonds. The van der Waals surface area contributed by atoms with Crippen molar-refractivity contribution in [3.8, 4) is 0 Å². The van der Waals surface area contributed by atoms with Gasteiger partial charge in [0.15, 0.2) is 0 Å². The molecule has 1 aliphatic heterocycles. The molecule has 26 heavy (non-hydrogen) atoms. The highest BCUT2D eigenvalue weighted by molar-refractivity contribution is 7.88. The third-order valence-electron chi connectivity index (χ3n) is 4.55. The van der Waals surface area contributed by atoms with Crippen LogP contribution in [0.4, 0.5) is 0 Å². The van der Waals surface area contributed by atoms with Gasteiger partial charge in [0.25, 0.3) is 0 Å². The van der Waals surface area contributed by atoms with Crippen molar-refractivity contribution in [1.82, 2.24) is 9.62 Å². The van der Waals surface area contributed by atoms with Gasteiger partial charge in [-0.3, -0.25) is 4.90 Å². The Morgan fingerprint density at radius 3 is 2.58 bits per heavy atom. The van der Waals surface area contributed by atoms with Gasteiger partial charge in [-0.15, -0.1) is 0 Å². The Morgan fingerprint density at radius 2 is 1.85 bits per heavy atom. The van der Waals surface area contributed by atoms with Crippen LogP contribution in [0.15, 0.2) is 54.6 Å². The number of hydrogen-bond acceptors (Lipinski definition) is 4. The summed E-state index contributed by atoms with van der Waals surface area (Å²) in [5, 5.41) is 0. The summed E-state index contributed by atoms with van der Waals surface area (Å²) in [4.78, 5) is 2.25. The van der Waals surface area contributed by atoms with Crippen molar-refractivity contribution in [2.75, 3.05) is 32.8 Å². The summed E-state index contributed by atoms with van der Waals surface area (Å²) in [7, 11) is -3.32. The van der Waals surface area contributed by atoms with Gasteiger partial charge in [0.2, 0.25) is 10.0 Å². The number of rotatable bonds is 7. The molecule has 2 aromatic rings. The maximum absolute atomic E-state index is 12.3. The van der Waals surface area contributed by atoms with Gasteiger partial charge >= 0.3 is 0 Å². The highest BCUT2D eigenvalue weighted by Gasteiger charge is 2.22. The molecule has 140 valence electrons. The Labute approximate surface area is 156 Å². The monoisotopic (exact) mass is 374 g/mol. The largest absolute Gasteiger partial charge is 0.371 e. The van der Waals surface area contributed by atoms with E-state index in [2.05, 4.69) is 21.8 Å². The lowest BCUT2D eigenvalue weighted by molar-refractivity contribution is -0.0291. The zero-order chi connectivity index (χ0) is 18.4. The number of sulfonamides is 1. The second-order valence-corrected chi connectivity index (χ2v) is 8.52. The van der Waals surface area contributed by atoms with Crippen LogP contribution in [-0.4, -0.2) is 46.1 Å². The third-order valence-corrected chi connectivity index (χ3v) is 5.91. The minimum atomic E-state index is -3.32. The fourth-order valence-corrected chi connectivity index (χ4v) is 4.22. The Balaban J connectivity index is 1.47. The van der Waals surface area contributed by atoms with E-state index in [1.165, 1.54) is 0 Å². The molecule has 1 fully saturated rings. The van der Waals surface area contributed by atoms with E-state index in [1.54, 1.807) is 0 Å². The normalized spacial score (nSPS) is 18.7. The van der Waals surface area contributed by atoms with E-state index >= 15 is 0 Å². The lowest BCUT2D eigenvalue weighted by Crippen LogP contribution is -2.42. The maximum Gasteiger partial charge on any atom is 0.215 e. The molecule has 0 bridgehead atoms. The first-order valence-electron chi connectivity index (χ1n) is 8.94. The van der Waals surface area contributed by atoms with Crippen molar-refractivity contribution in [2.24, 2.45) is 0 Å². The summed E-state index contributed by atoms with van der Waals surface area (Å²) >= 11 is 0. The molecule has 5 nitrogen and oxygen atoms in total. The number of hydrogen-bond donors (Lipinski definition) is 1. The van der Waals surface area contributed by atoms with E-state index in [0.29, 0.717) is 19.7 Å². The van der Waals surface area contributed by atoms with Gasteiger partial charge in [-0.05, 0) is 18.1 Å². The Bertz CT molecular complexity index is 792. The zero-order valence-corrected chi connectivity index (χ0v) is 15.9. The van der Waals surface area contributed by atoms with E-state index in [-0.39, 0.29) is 11.9 Å². The number of nitrogens with zero attached hydrogens (tertiary/aromatic N) is 1. The first-order chi connectivity index (χ1) is 12.5. The Kier molecular flexibility index (Phi) is 6.43. The van der Waals surface area contributed by atoms with Crippen LogP contribution in [0, 0.1) is 6.92 Å². The van der Waals surface area contributed by atoms with Crippen molar-refractivity contribution in [3.63, 3.8) is 0 Å². The van der Waals surface area contributed by atoms with Gasteiger partial charge in [0.05, 0.1) is 18.5 Å². The molecule has 0 radical (unpaired) electrons. The summed E-state index contributed by atoms with van der Waals surface area (Å²) in [5.74, 6) is 0.0169. The number of ether oxygens (including phenoxy) is 1. The van der Waals surface area contributed by atoms with Gasteiger partial charge in [0.1, 0.15) is 0 Å². The molecule has 3 rings (SSSR count). The van der Waals surface area contributed by atoms with E-state index in [9.17, 15) is 8.42 Å². The molecule has 1 N–H and O–H groups in total. The third kappa shape index (κ3) is 5.64. The van der Waals surface area contributed by atoms with Crippen LogP contribution in [0.25, 0.3) is 0 Å². The van der Waals surface area contributed by atoms with Crippen molar-refractivity contribution in [1.29, 1.82) is 0 Å². The molecule has 2 aromatic carbocycles. The Morgan fingerprint density at radius 1 is 1.12 bits per heavy atom. The van der Waals surface area contributed by atoms with Gasteiger partial charge in [-0.1, -0.05) is 60.2 Å². The van der Waals surface area contributed by atoms with Crippen molar-refractivity contribution < 1.29 is 13.2 Å². The first kappa shape index (κ1) is 19.0. The molecule has 6 heteroatoms. The van der Waals surface area contributed by atoms with Crippen molar-refractivity contribution >= 4 is 10.0 Å². The number of nitrogens with one attached hydrogen (secondary N) is 1. The molecular weight excluding hydrogens is 348 g/mol. The lowest BCUT2D eigenvalue weighted by Gasteiger charge is -2.33. The van der Waals surface area contributed by atoms with Crippen molar-refractivity contribution in [2.45, 2.75) is 18.8 Å². The van der Waals surface area contributed by atoms with Crippen LogP contribution < -0.4 is 4.72 Å². The van der Waals surface area contributed by atoms with Crippen LogP contribution in [0.3, 0.4) is 0 Å². The minimum Gasteiger partial charge on any atom is -0.371 e. The molecule has 1 atom stereocenters. The van der Waals surface area contributed by atoms with E-state index in [1.807, 2.05) is 49.4 Å². The lowest BCUT2D eigenvalue weighted by atomic mass is 10.1. The van der Waals surface area contributed by atoms with Crippen LogP contribution in [-0.2, 0) is 20.5 Å². The number of morpholine rings is 1. The average molecular weight is 375 g/mol. The SMILES string of the molecule is Cc1ccc(CS(=O)(=O)NCCN2CCOC(c3ccccc3)C2)cc1. The van der Waals surface area contributed by atoms with E-state index < -0.39 is 10.0 Å². The zero-order valence-electron chi connectivity index (χ0n) is 15.1.